The van der Waals surface area contributed by atoms with Crippen molar-refractivity contribution in [2.45, 2.75) is 12.5 Å². The molecule has 1 amide bonds. The van der Waals surface area contributed by atoms with Gasteiger partial charge in [0.1, 0.15) is 0 Å². The Balaban J connectivity index is 2.70. The first-order valence-electron chi connectivity index (χ1n) is 5.85. The second kappa shape index (κ2) is 7.06. The summed E-state index contributed by atoms with van der Waals surface area (Å²) in [7, 11) is -2.02. The molecule has 0 radical (unpaired) electrons. The molecule has 0 aromatic heterocycles. The molecule has 0 aliphatic rings. The first-order valence-corrected chi connectivity index (χ1v) is 7.50. The number of carbonyl (C=O) groups excluding carboxylic acids is 1. The van der Waals surface area contributed by atoms with Crippen molar-refractivity contribution < 1.29 is 13.2 Å². The Morgan fingerprint density at radius 2 is 2.00 bits per heavy atom. The lowest BCUT2D eigenvalue weighted by molar-refractivity contribution is -0.121. The smallest absolute Gasteiger partial charge is 0.250 e. The molecule has 0 spiro atoms. The third kappa shape index (κ3) is 5.23. The van der Waals surface area contributed by atoms with Gasteiger partial charge in [-0.05, 0) is 19.0 Å². The largest absolute Gasteiger partial charge is 0.309 e. The molecule has 0 aliphatic heterocycles. The summed E-state index contributed by atoms with van der Waals surface area (Å²) in [4.78, 5) is 11.9. The molecule has 104 valence electrons. The Hall–Kier alpha value is -1.66. The first-order chi connectivity index (χ1) is 8.98. The van der Waals surface area contributed by atoms with Crippen LogP contribution < -0.4 is 10.0 Å². The zero-order chi connectivity index (χ0) is 14.3. The SMILES string of the molecule is C=CCS(=O)(=O)NC(=O)C(Cc1ccccc1)NC. The summed E-state index contributed by atoms with van der Waals surface area (Å²) in [5, 5.41) is 2.81. The van der Waals surface area contributed by atoms with Crippen molar-refractivity contribution in [3.8, 4) is 0 Å². The molecule has 1 rings (SSSR count). The van der Waals surface area contributed by atoms with Gasteiger partial charge in [-0.25, -0.2) is 8.42 Å². The van der Waals surface area contributed by atoms with Gasteiger partial charge in [-0.1, -0.05) is 36.4 Å². The van der Waals surface area contributed by atoms with Gasteiger partial charge < -0.3 is 5.32 Å². The van der Waals surface area contributed by atoms with Gasteiger partial charge >= 0.3 is 0 Å². The van der Waals surface area contributed by atoms with Gasteiger partial charge in [0.2, 0.25) is 10.0 Å². The lowest BCUT2D eigenvalue weighted by atomic mass is 10.1. The summed E-state index contributed by atoms with van der Waals surface area (Å²) >= 11 is 0. The number of hydrogen-bond acceptors (Lipinski definition) is 4. The fraction of sp³-hybridized carbons (Fsp3) is 0.308. The predicted octanol–water partition coefficient (Wildman–Crippen LogP) is 0.449. The van der Waals surface area contributed by atoms with Gasteiger partial charge in [-0.2, -0.15) is 0 Å². The van der Waals surface area contributed by atoms with Crippen LogP contribution >= 0.6 is 0 Å². The highest BCUT2D eigenvalue weighted by atomic mass is 32.2. The molecule has 0 heterocycles. The van der Waals surface area contributed by atoms with Crippen LogP contribution in [0.15, 0.2) is 43.0 Å². The number of likely N-dealkylation sites (N-methyl/N-ethyl adjacent to an activating group) is 1. The molecular weight excluding hydrogens is 264 g/mol. The van der Waals surface area contributed by atoms with Crippen molar-refractivity contribution in [3.05, 3.63) is 48.6 Å². The minimum atomic E-state index is -3.64. The van der Waals surface area contributed by atoms with Gasteiger partial charge in [0.05, 0.1) is 11.8 Å². The maximum Gasteiger partial charge on any atom is 0.250 e. The maximum atomic E-state index is 11.9. The molecule has 1 aromatic rings. The Kier molecular flexibility index (Phi) is 5.72. The molecule has 0 aliphatic carbocycles. The fourth-order valence-corrected chi connectivity index (χ4v) is 2.44. The molecule has 1 atom stereocenters. The van der Waals surface area contributed by atoms with E-state index in [1.54, 1.807) is 7.05 Å². The first kappa shape index (κ1) is 15.4. The number of rotatable bonds is 7. The van der Waals surface area contributed by atoms with E-state index < -0.39 is 22.0 Å². The highest BCUT2D eigenvalue weighted by Gasteiger charge is 2.21. The van der Waals surface area contributed by atoms with Gasteiger partial charge in [0, 0.05) is 0 Å². The summed E-state index contributed by atoms with van der Waals surface area (Å²) in [6.07, 6.45) is 1.66. The highest BCUT2D eigenvalue weighted by molar-refractivity contribution is 7.90. The molecule has 1 aromatic carbocycles. The number of sulfonamides is 1. The molecule has 2 N–H and O–H groups in total. The standard InChI is InChI=1S/C13H18N2O3S/c1-3-9-19(17,18)15-13(16)12(14-2)10-11-7-5-4-6-8-11/h3-8,12,14H,1,9-10H2,2H3,(H,15,16). The molecule has 0 bridgehead atoms. The fourth-order valence-electron chi connectivity index (χ4n) is 1.60. The van der Waals surface area contributed by atoms with Crippen LogP contribution in [0.3, 0.4) is 0 Å². The van der Waals surface area contributed by atoms with Crippen LogP contribution in [0.25, 0.3) is 0 Å². The minimum absolute atomic E-state index is 0.277. The normalized spacial score (nSPS) is 12.7. The highest BCUT2D eigenvalue weighted by Crippen LogP contribution is 2.03. The summed E-state index contributed by atoms with van der Waals surface area (Å²) in [6, 6.07) is 8.79. The third-order valence-corrected chi connectivity index (χ3v) is 3.73. The maximum absolute atomic E-state index is 11.9. The summed E-state index contributed by atoms with van der Waals surface area (Å²) in [5.41, 5.74) is 0.957. The molecule has 5 nitrogen and oxygen atoms in total. The quantitative estimate of drug-likeness (QED) is 0.712. The average Bonchev–Trinajstić information content (AvgIpc) is 2.36. The van der Waals surface area contributed by atoms with Crippen LogP contribution in [0, 0.1) is 0 Å². The van der Waals surface area contributed by atoms with Crippen LogP contribution in [-0.4, -0.2) is 33.2 Å². The lowest BCUT2D eigenvalue weighted by Gasteiger charge is -2.15. The van der Waals surface area contributed by atoms with E-state index in [2.05, 4.69) is 11.9 Å². The predicted molar refractivity (Wildman–Crippen MR) is 75.1 cm³/mol. The Labute approximate surface area is 113 Å². The van der Waals surface area contributed by atoms with E-state index in [1.165, 1.54) is 6.08 Å². The monoisotopic (exact) mass is 282 g/mol. The van der Waals surface area contributed by atoms with Crippen LogP contribution in [0.2, 0.25) is 0 Å². The average molecular weight is 282 g/mol. The van der Waals surface area contributed by atoms with Crippen LogP contribution in [0.1, 0.15) is 5.56 Å². The second-order valence-corrected chi connectivity index (χ2v) is 5.83. The van der Waals surface area contributed by atoms with E-state index in [1.807, 2.05) is 35.1 Å². The van der Waals surface area contributed by atoms with E-state index in [0.29, 0.717) is 6.42 Å². The van der Waals surface area contributed by atoms with Crippen molar-refractivity contribution in [2.24, 2.45) is 0 Å². The van der Waals surface area contributed by atoms with Gasteiger partial charge in [0.15, 0.2) is 0 Å². The van der Waals surface area contributed by atoms with Gasteiger partial charge in [-0.3, -0.25) is 9.52 Å². The van der Waals surface area contributed by atoms with Gasteiger partial charge in [-0.15, -0.1) is 6.58 Å². The number of hydrogen-bond donors (Lipinski definition) is 2. The Bertz CT molecular complexity index is 526. The number of carbonyl (C=O) groups is 1. The Morgan fingerprint density at radius 1 is 1.37 bits per heavy atom. The van der Waals surface area contributed by atoms with E-state index in [0.717, 1.165) is 5.56 Å². The van der Waals surface area contributed by atoms with Crippen molar-refractivity contribution >= 4 is 15.9 Å². The lowest BCUT2D eigenvalue weighted by Crippen LogP contribution is -2.46. The van der Waals surface area contributed by atoms with E-state index in [4.69, 9.17) is 0 Å². The third-order valence-electron chi connectivity index (χ3n) is 2.54. The van der Waals surface area contributed by atoms with E-state index >= 15 is 0 Å². The molecule has 0 saturated heterocycles. The van der Waals surface area contributed by atoms with Crippen molar-refractivity contribution in [2.75, 3.05) is 12.8 Å². The van der Waals surface area contributed by atoms with Crippen molar-refractivity contribution in [3.63, 3.8) is 0 Å². The van der Waals surface area contributed by atoms with Crippen molar-refractivity contribution in [1.82, 2.24) is 10.0 Å². The summed E-state index contributed by atoms with van der Waals surface area (Å²) < 4.78 is 25.0. The van der Waals surface area contributed by atoms with E-state index in [-0.39, 0.29) is 5.75 Å². The molecule has 19 heavy (non-hydrogen) atoms. The van der Waals surface area contributed by atoms with Crippen molar-refractivity contribution in [1.29, 1.82) is 0 Å². The number of benzene rings is 1. The summed E-state index contributed by atoms with van der Waals surface area (Å²) in [6.45, 7) is 3.34. The zero-order valence-electron chi connectivity index (χ0n) is 10.8. The minimum Gasteiger partial charge on any atom is -0.309 e. The molecule has 6 heteroatoms. The molecular formula is C13H18N2O3S. The number of nitrogens with one attached hydrogen (secondary N) is 2. The number of amides is 1. The molecule has 0 saturated carbocycles. The van der Waals surface area contributed by atoms with E-state index in [9.17, 15) is 13.2 Å². The zero-order valence-corrected chi connectivity index (χ0v) is 11.6. The van der Waals surface area contributed by atoms with Crippen LogP contribution in [0.4, 0.5) is 0 Å². The molecule has 0 fully saturated rings. The Morgan fingerprint density at radius 3 is 2.53 bits per heavy atom. The van der Waals surface area contributed by atoms with Crippen LogP contribution in [0.5, 0.6) is 0 Å². The van der Waals surface area contributed by atoms with Gasteiger partial charge in [0.25, 0.3) is 5.91 Å². The second-order valence-electron chi connectivity index (χ2n) is 4.07. The molecule has 1 unspecified atom stereocenters. The topological polar surface area (TPSA) is 75.3 Å². The van der Waals surface area contributed by atoms with Crippen LogP contribution in [-0.2, 0) is 21.2 Å². The summed E-state index contributed by atoms with van der Waals surface area (Å²) in [5.74, 6) is -0.839.